The standard InChI is InChI=1S/C13H13NO.H2S/c14-9-10-5-7-11(8-6-10)12-3-1-2-4-13(12)15;/h1-8,15H,9,14H2;1H2. The lowest BCUT2D eigenvalue weighted by atomic mass is 10.0. The molecule has 0 unspecified atom stereocenters. The molecule has 0 spiro atoms. The molecule has 0 bridgehead atoms. The number of aromatic hydroxyl groups is 1. The molecule has 3 heteroatoms. The van der Waals surface area contributed by atoms with Crippen LogP contribution in [0.3, 0.4) is 0 Å². The second-order valence-corrected chi connectivity index (χ2v) is 3.42. The van der Waals surface area contributed by atoms with Gasteiger partial charge in [0.2, 0.25) is 0 Å². The molecule has 0 radical (unpaired) electrons. The molecule has 0 saturated carbocycles. The second-order valence-electron chi connectivity index (χ2n) is 3.42. The number of benzene rings is 2. The van der Waals surface area contributed by atoms with Crippen LogP contribution in [0.4, 0.5) is 0 Å². The van der Waals surface area contributed by atoms with E-state index in [4.69, 9.17) is 5.73 Å². The molecule has 0 aromatic heterocycles. The van der Waals surface area contributed by atoms with Crippen molar-refractivity contribution in [1.82, 2.24) is 0 Å². The fourth-order valence-electron chi connectivity index (χ4n) is 1.54. The zero-order valence-corrected chi connectivity index (χ0v) is 9.85. The first kappa shape index (κ1) is 12.6. The van der Waals surface area contributed by atoms with Crippen molar-refractivity contribution in [1.29, 1.82) is 0 Å². The summed E-state index contributed by atoms with van der Waals surface area (Å²) in [6.45, 7) is 0.543. The van der Waals surface area contributed by atoms with Crippen LogP contribution in [0, 0.1) is 0 Å². The maximum atomic E-state index is 9.67. The summed E-state index contributed by atoms with van der Waals surface area (Å²) < 4.78 is 0. The summed E-state index contributed by atoms with van der Waals surface area (Å²) in [7, 11) is 0. The van der Waals surface area contributed by atoms with E-state index in [1.54, 1.807) is 6.07 Å². The Balaban J connectivity index is 0.00000128. The van der Waals surface area contributed by atoms with Gasteiger partial charge in [-0.1, -0.05) is 42.5 Å². The highest BCUT2D eigenvalue weighted by Gasteiger charge is 2.01. The second kappa shape index (κ2) is 5.58. The zero-order valence-electron chi connectivity index (χ0n) is 8.85. The normalized spacial score (nSPS) is 9.56. The van der Waals surface area contributed by atoms with Gasteiger partial charge in [0.1, 0.15) is 5.75 Å². The summed E-state index contributed by atoms with van der Waals surface area (Å²) >= 11 is 0. The lowest BCUT2D eigenvalue weighted by Crippen LogP contribution is -1.95. The number of hydrogen-bond donors (Lipinski definition) is 2. The fourth-order valence-corrected chi connectivity index (χ4v) is 1.54. The fraction of sp³-hybridized carbons (Fsp3) is 0.0769. The minimum Gasteiger partial charge on any atom is -0.507 e. The van der Waals surface area contributed by atoms with Gasteiger partial charge in [-0.05, 0) is 17.2 Å². The van der Waals surface area contributed by atoms with Gasteiger partial charge in [0.05, 0.1) is 0 Å². The minimum atomic E-state index is 0. The van der Waals surface area contributed by atoms with Crippen LogP contribution < -0.4 is 5.73 Å². The van der Waals surface area contributed by atoms with E-state index in [0.29, 0.717) is 12.3 Å². The van der Waals surface area contributed by atoms with Crippen molar-refractivity contribution in [2.24, 2.45) is 5.73 Å². The van der Waals surface area contributed by atoms with E-state index < -0.39 is 0 Å². The largest absolute Gasteiger partial charge is 0.507 e. The van der Waals surface area contributed by atoms with Gasteiger partial charge >= 0.3 is 0 Å². The molecule has 0 atom stereocenters. The molecular weight excluding hydrogens is 218 g/mol. The highest BCUT2D eigenvalue weighted by Crippen LogP contribution is 2.28. The Labute approximate surface area is 102 Å². The van der Waals surface area contributed by atoms with Crippen LogP contribution in [0.1, 0.15) is 5.56 Å². The third-order valence-electron chi connectivity index (χ3n) is 2.40. The van der Waals surface area contributed by atoms with Crippen molar-refractivity contribution in [3.05, 3.63) is 54.1 Å². The lowest BCUT2D eigenvalue weighted by molar-refractivity contribution is 0.477. The van der Waals surface area contributed by atoms with Crippen molar-refractivity contribution in [3.63, 3.8) is 0 Å². The third kappa shape index (κ3) is 2.56. The SMILES string of the molecule is NCc1ccc(-c2ccccc2O)cc1.S. The number of phenolic OH excluding ortho intramolecular Hbond substituents is 1. The van der Waals surface area contributed by atoms with Gasteiger partial charge in [-0.15, -0.1) is 0 Å². The van der Waals surface area contributed by atoms with Gasteiger partial charge in [-0.3, -0.25) is 0 Å². The molecule has 0 saturated heterocycles. The molecule has 2 aromatic carbocycles. The summed E-state index contributed by atoms with van der Waals surface area (Å²) in [5.74, 6) is 0.304. The van der Waals surface area contributed by atoms with Gasteiger partial charge in [0.15, 0.2) is 0 Å². The first-order valence-corrected chi connectivity index (χ1v) is 4.88. The van der Waals surface area contributed by atoms with E-state index in [1.807, 2.05) is 42.5 Å². The highest BCUT2D eigenvalue weighted by atomic mass is 32.1. The molecule has 2 aromatic rings. The molecule has 0 aliphatic rings. The van der Waals surface area contributed by atoms with Crippen molar-refractivity contribution in [2.75, 3.05) is 0 Å². The highest BCUT2D eigenvalue weighted by molar-refractivity contribution is 7.59. The first-order valence-electron chi connectivity index (χ1n) is 4.88. The van der Waals surface area contributed by atoms with E-state index in [9.17, 15) is 5.11 Å². The molecule has 84 valence electrons. The molecule has 2 nitrogen and oxygen atoms in total. The Morgan fingerprint density at radius 3 is 2.12 bits per heavy atom. The third-order valence-corrected chi connectivity index (χ3v) is 2.40. The summed E-state index contributed by atoms with van der Waals surface area (Å²) in [6, 6.07) is 15.2. The topological polar surface area (TPSA) is 46.2 Å². The van der Waals surface area contributed by atoms with Crippen LogP contribution >= 0.6 is 13.5 Å². The van der Waals surface area contributed by atoms with E-state index in [-0.39, 0.29) is 13.5 Å². The van der Waals surface area contributed by atoms with Crippen molar-refractivity contribution in [2.45, 2.75) is 6.54 Å². The first-order chi connectivity index (χ1) is 7.31. The number of para-hydroxylation sites is 1. The Kier molecular flexibility index (Phi) is 4.40. The van der Waals surface area contributed by atoms with Gasteiger partial charge in [0.25, 0.3) is 0 Å². The Bertz CT molecular complexity index is 454. The van der Waals surface area contributed by atoms with Crippen molar-refractivity contribution >= 4 is 13.5 Å². The van der Waals surface area contributed by atoms with Crippen LogP contribution in [0.2, 0.25) is 0 Å². The van der Waals surface area contributed by atoms with E-state index in [1.165, 1.54) is 0 Å². The molecule has 0 heterocycles. The van der Waals surface area contributed by atoms with Crippen molar-refractivity contribution in [3.8, 4) is 16.9 Å². The van der Waals surface area contributed by atoms with Crippen molar-refractivity contribution < 1.29 is 5.11 Å². The van der Waals surface area contributed by atoms with Gasteiger partial charge in [-0.2, -0.15) is 13.5 Å². The quantitative estimate of drug-likeness (QED) is 0.837. The summed E-state index contributed by atoms with van der Waals surface area (Å²) in [4.78, 5) is 0. The average Bonchev–Trinajstić information content (AvgIpc) is 2.30. The monoisotopic (exact) mass is 233 g/mol. The number of nitrogens with two attached hydrogens (primary N) is 1. The Morgan fingerprint density at radius 1 is 0.938 bits per heavy atom. The van der Waals surface area contributed by atoms with Crippen LogP contribution in [0.15, 0.2) is 48.5 Å². The van der Waals surface area contributed by atoms with Crippen LogP contribution in [0.5, 0.6) is 5.75 Å². The number of rotatable bonds is 2. The van der Waals surface area contributed by atoms with E-state index in [2.05, 4.69) is 0 Å². The predicted octanol–water partition coefficient (Wildman–Crippen LogP) is 2.63. The number of hydrogen-bond acceptors (Lipinski definition) is 2. The Hall–Kier alpha value is -1.45. The predicted molar refractivity (Wildman–Crippen MR) is 71.8 cm³/mol. The number of phenols is 1. The minimum absolute atomic E-state index is 0. The molecule has 0 aliphatic carbocycles. The van der Waals surface area contributed by atoms with E-state index >= 15 is 0 Å². The Morgan fingerprint density at radius 2 is 1.56 bits per heavy atom. The molecular formula is C13H15NOS. The van der Waals surface area contributed by atoms with Crippen LogP contribution in [-0.4, -0.2) is 5.11 Å². The average molecular weight is 233 g/mol. The van der Waals surface area contributed by atoms with Crippen LogP contribution in [0.25, 0.3) is 11.1 Å². The van der Waals surface area contributed by atoms with Gasteiger partial charge < -0.3 is 10.8 Å². The maximum Gasteiger partial charge on any atom is 0.123 e. The molecule has 16 heavy (non-hydrogen) atoms. The molecule has 0 aliphatic heterocycles. The summed E-state index contributed by atoms with van der Waals surface area (Å²) in [5, 5.41) is 9.67. The zero-order chi connectivity index (χ0) is 10.7. The van der Waals surface area contributed by atoms with Gasteiger partial charge in [-0.25, -0.2) is 0 Å². The summed E-state index contributed by atoms with van der Waals surface area (Å²) in [5.41, 5.74) is 8.46. The summed E-state index contributed by atoms with van der Waals surface area (Å²) in [6.07, 6.45) is 0. The van der Waals surface area contributed by atoms with Crippen LogP contribution in [-0.2, 0) is 6.54 Å². The molecule has 0 fully saturated rings. The lowest BCUT2D eigenvalue weighted by Gasteiger charge is -2.05. The maximum absolute atomic E-state index is 9.67. The van der Waals surface area contributed by atoms with E-state index in [0.717, 1.165) is 16.7 Å². The smallest absolute Gasteiger partial charge is 0.123 e. The van der Waals surface area contributed by atoms with Gasteiger partial charge in [0, 0.05) is 12.1 Å². The molecule has 2 rings (SSSR count). The molecule has 0 amide bonds. The molecule has 3 N–H and O–H groups in total.